The SMILES string of the molecule is CC(NC(=O)OC(C)(C)C)c1ccc2nc(-c3ccc(Oc4cccc(OCC5CC5)c4)nc3)oc2c1. The third kappa shape index (κ3) is 6.58. The molecule has 2 heterocycles. The van der Waals surface area contributed by atoms with Crippen LogP contribution in [0.1, 0.15) is 52.1 Å². The molecule has 0 radical (unpaired) electrons. The molecule has 1 aliphatic rings. The fourth-order valence-electron chi connectivity index (χ4n) is 3.72. The molecule has 37 heavy (non-hydrogen) atoms. The van der Waals surface area contributed by atoms with E-state index >= 15 is 0 Å². The highest BCUT2D eigenvalue weighted by Gasteiger charge is 2.22. The normalized spacial score (nSPS) is 14.3. The first-order chi connectivity index (χ1) is 17.7. The third-order valence-electron chi connectivity index (χ3n) is 5.84. The van der Waals surface area contributed by atoms with Crippen LogP contribution < -0.4 is 14.8 Å². The molecule has 0 bridgehead atoms. The van der Waals surface area contributed by atoms with E-state index in [-0.39, 0.29) is 6.04 Å². The summed E-state index contributed by atoms with van der Waals surface area (Å²) in [5, 5.41) is 2.85. The minimum Gasteiger partial charge on any atom is -0.493 e. The van der Waals surface area contributed by atoms with Crippen LogP contribution in [-0.2, 0) is 4.74 Å². The molecule has 1 atom stereocenters. The Hall–Kier alpha value is -4.07. The molecular formula is C29H31N3O5. The van der Waals surface area contributed by atoms with Gasteiger partial charge >= 0.3 is 6.09 Å². The molecule has 1 saturated carbocycles. The molecule has 1 N–H and O–H groups in total. The lowest BCUT2D eigenvalue weighted by molar-refractivity contribution is 0.0508. The second-order valence-corrected chi connectivity index (χ2v) is 10.3. The van der Waals surface area contributed by atoms with Gasteiger partial charge in [-0.15, -0.1) is 0 Å². The molecule has 192 valence electrons. The Kier molecular flexibility index (Phi) is 6.74. The van der Waals surface area contributed by atoms with E-state index in [0.717, 1.165) is 23.5 Å². The van der Waals surface area contributed by atoms with E-state index < -0.39 is 11.7 Å². The number of rotatable bonds is 8. The number of benzene rings is 2. The first kappa shape index (κ1) is 24.6. The number of fused-ring (bicyclic) bond motifs is 1. The Bertz CT molecular complexity index is 1390. The summed E-state index contributed by atoms with van der Waals surface area (Å²) in [6.07, 6.45) is 3.70. The summed E-state index contributed by atoms with van der Waals surface area (Å²) < 4.78 is 23.1. The second kappa shape index (κ2) is 10.1. The number of pyridine rings is 1. The van der Waals surface area contributed by atoms with Crippen LogP contribution in [0.3, 0.4) is 0 Å². The quantitative estimate of drug-likeness (QED) is 0.276. The minimum absolute atomic E-state index is 0.261. The lowest BCUT2D eigenvalue weighted by atomic mass is 10.1. The maximum Gasteiger partial charge on any atom is 0.408 e. The number of carbonyl (C=O) groups excluding carboxylic acids is 1. The Morgan fingerprint density at radius 1 is 1.11 bits per heavy atom. The van der Waals surface area contributed by atoms with Gasteiger partial charge in [-0.1, -0.05) is 12.1 Å². The van der Waals surface area contributed by atoms with Gasteiger partial charge in [-0.05, 0) is 82.3 Å². The Balaban J connectivity index is 1.24. The molecule has 5 rings (SSSR count). The van der Waals surface area contributed by atoms with E-state index in [4.69, 9.17) is 18.6 Å². The standard InChI is InChI=1S/C29H31N3O5/c1-18(31-28(33)37-29(2,3)4)20-10-12-24-25(14-20)36-27(32-24)21-11-13-26(30-16-21)35-23-7-5-6-22(15-23)34-17-19-8-9-19/h5-7,10-16,18-19H,8-9,17H2,1-4H3,(H,31,33). The van der Waals surface area contributed by atoms with Gasteiger partial charge in [0.15, 0.2) is 5.58 Å². The van der Waals surface area contributed by atoms with Crippen molar-refractivity contribution >= 4 is 17.2 Å². The van der Waals surface area contributed by atoms with E-state index in [1.165, 1.54) is 12.8 Å². The van der Waals surface area contributed by atoms with Crippen molar-refractivity contribution in [2.45, 2.75) is 52.2 Å². The zero-order chi connectivity index (χ0) is 26.0. The van der Waals surface area contributed by atoms with Crippen molar-refractivity contribution in [3.8, 4) is 28.8 Å². The van der Waals surface area contributed by atoms with E-state index in [0.29, 0.717) is 34.5 Å². The summed E-state index contributed by atoms with van der Waals surface area (Å²) in [4.78, 5) is 21.1. The number of hydrogen-bond acceptors (Lipinski definition) is 7. The van der Waals surface area contributed by atoms with Crippen molar-refractivity contribution in [1.29, 1.82) is 0 Å². The number of amides is 1. The van der Waals surface area contributed by atoms with Gasteiger partial charge in [-0.3, -0.25) is 0 Å². The molecule has 4 aromatic rings. The molecule has 1 aliphatic carbocycles. The number of hydrogen-bond donors (Lipinski definition) is 1. The predicted octanol–water partition coefficient (Wildman–Crippen LogP) is 7.06. The first-order valence-corrected chi connectivity index (χ1v) is 12.5. The van der Waals surface area contributed by atoms with Crippen molar-refractivity contribution in [2.24, 2.45) is 5.92 Å². The van der Waals surface area contributed by atoms with Gasteiger partial charge in [0.05, 0.1) is 18.2 Å². The van der Waals surface area contributed by atoms with E-state index in [1.54, 1.807) is 12.3 Å². The lowest BCUT2D eigenvalue weighted by Crippen LogP contribution is -2.34. The summed E-state index contributed by atoms with van der Waals surface area (Å²) in [5.41, 5.74) is 2.38. The maximum absolute atomic E-state index is 12.1. The van der Waals surface area contributed by atoms with Gasteiger partial charge in [-0.25, -0.2) is 14.8 Å². The Morgan fingerprint density at radius 2 is 1.92 bits per heavy atom. The second-order valence-electron chi connectivity index (χ2n) is 10.3. The zero-order valence-electron chi connectivity index (χ0n) is 21.5. The summed E-state index contributed by atoms with van der Waals surface area (Å²) in [5.74, 6) is 3.06. The van der Waals surface area contributed by atoms with Gasteiger partial charge in [0, 0.05) is 18.3 Å². The highest BCUT2D eigenvalue weighted by atomic mass is 16.6. The van der Waals surface area contributed by atoms with Crippen molar-refractivity contribution in [3.63, 3.8) is 0 Å². The third-order valence-corrected chi connectivity index (χ3v) is 5.84. The number of carbonyl (C=O) groups is 1. The van der Waals surface area contributed by atoms with Crippen LogP contribution in [0.5, 0.6) is 17.4 Å². The van der Waals surface area contributed by atoms with Crippen LogP contribution in [0, 0.1) is 5.92 Å². The number of oxazole rings is 1. The van der Waals surface area contributed by atoms with E-state index in [1.807, 2.05) is 76.2 Å². The van der Waals surface area contributed by atoms with Crippen molar-refractivity contribution < 1.29 is 23.4 Å². The number of alkyl carbamates (subject to hydrolysis) is 1. The highest BCUT2D eigenvalue weighted by Crippen LogP contribution is 2.31. The van der Waals surface area contributed by atoms with Crippen LogP contribution >= 0.6 is 0 Å². The summed E-state index contributed by atoms with van der Waals surface area (Å²) in [7, 11) is 0. The Labute approximate surface area is 216 Å². The van der Waals surface area contributed by atoms with Gasteiger partial charge in [0.25, 0.3) is 0 Å². The molecule has 0 spiro atoms. The number of ether oxygens (including phenoxy) is 3. The highest BCUT2D eigenvalue weighted by molar-refractivity contribution is 5.77. The zero-order valence-corrected chi connectivity index (χ0v) is 21.5. The molecule has 1 unspecified atom stereocenters. The minimum atomic E-state index is -0.559. The molecule has 1 amide bonds. The summed E-state index contributed by atoms with van der Waals surface area (Å²) in [6, 6.07) is 16.6. The first-order valence-electron chi connectivity index (χ1n) is 12.5. The van der Waals surface area contributed by atoms with Crippen LogP contribution in [0.4, 0.5) is 4.79 Å². The van der Waals surface area contributed by atoms with Gasteiger partial charge in [0.2, 0.25) is 11.8 Å². The van der Waals surface area contributed by atoms with Crippen molar-refractivity contribution in [2.75, 3.05) is 6.61 Å². The van der Waals surface area contributed by atoms with Gasteiger partial charge in [-0.2, -0.15) is 0 Å². The van der Waals surface area contributed by atoms with E-state index in [2.05, 4.69) is 15.3 Å². The fourth-order valence-corrected chi connectivity index (χ4v) is 3.72. The fraction of sp³-hybridized carbons (Fsp3) is 0.345. The van der Waals surface area contributed by atoms with Crippen molar-refractivity contribution in [3.05, 3.63) is 66.4 Å². The molecule has 2 aromatic carbocycles. The van der Waals surface area contributed by atoms with Crippen LogP contribution in [0.25, 0.3) is 22.6 Å². The predicted molar refractivity (Wildman–Crippen MR) is 140 cm³/mol. The van der Waals surface area contributed by atoms with Crippen LogP contribution in [0.15, 0.2) is 65.2 Å². The molecule has 8 heteroatoms. The molecule has 1 fully saturated rings. The van der Waals surface area contributed by atoms with Gasteiger partial charge < -0.3 is 23.9 Å². The molecule has 0 aliphatic heterocycles. The largest absolute Gasteiger partial charge is 0.493 e. The average Bonchev–Trinajstić information content (AvgIpc) is 3.58. The molecule has 0 saturated heterocycles. The average molecular weight is 502 g/mol. The number of nitrogens with zero attached hydrogens (tertiary/aromatic N) is 2. The molecule has 2 aromatic heterocycles. The smallest absolute Gasteiger partial charge is 0.408 e. The summed E-state index contributed by atoms with van der Waals surface area (Å²) >= 11 is 0. The van der Waals surface area contributed by atoms with Crippen LogP contribution in [-0.4, -0.2) is 28.3 Å². The maximum atomic E-state index is 12.1. The van der Waals surface area contributed by atoms with Crippen LogP contribution in [0.2, 0.25) is 0 Å². The van der Waals surface area contributed by atoms with Gasteiger partial charge in [0.1, 0.15) is 22.6 Å². The number of aromatic nitrogens is 2. The summed E-state index contributed by atoms with van der Waals surface area (Å²) in [6.45, 7) is 8.13. The Morgan fingerprint density at radius 3 is 2.65 bits per heavy atom. The van der Waals surface area contributed by atoms with Crippen molar-refractivity contribution in [1.82, 2.24) is 15.3 Å². The monoisotopic (exact) mass is 501 g/mol. The van der Waals surface area contributed by atoms with E-state index in [9.17, 15) is 4.79 Å². The lowest BCUT2D eigenvalue weighted by Gasteiger charge is -2.22. The molecular weight excluding hydrogens is 470 g/mol. The number of nitrogens with one attached hydrogen (secondary N) is 1. The topological polar surface area (TPSA) is 95.7 Å². The molecule has 8 nitrogen and oxygen atoms in total.